The Bertz CT molecular complexity index is 1050. The van der Waals surface area contributed by atoms with Gasteiger partial charge in [-0.3, -0.25) is 4.55 Å². The Morgan fingerprint density at radius 1 is 0.875 bits per heavy atom. The summed E-state index contributed by atoms with van der Waals surface area (Å²) in [7, 11) is -4.59. The Morgan fingerprint density at radius 2 is 1.58 bits per heavy atom. The maximum Gasteiger partial charge on any atom is 0.295 e. The van der Waals surface area contributed by atoms with Crippen molar-refractivity contribution in [3.8, 4) is 11.5 Å². The second-order valence-corrected chi connectivity index (χ2v) is 6.34. The van der Waals surface area contributed by atoms with Crippen LogP contribution < -0.4 is 0 Å². The van der Waals surface area contributed by atoms with Gasteiger partial charge in [0, 0.05) is 5.39 Å². The summed E-state index contributed by atoms with van der Waals surface area (Å²) in [4.78, 5) is -0.479. The molecule has 122 valence electrons. The van der Waals surface area contributed by atoms with Crippen LogP contribution in [0.1, 0.15) is 0 Å². The van der Waals surface area contributed by atoms with E-state index in [9.17, 15) is 23.2 Å². The van der Waals surface area contributed by atoms with E-state index < -0.39 is 20.8 Å². The molecule has 3 rings (SSSR count). The first-order chi connectivity index (χ1) is 11.4. The van der Waals surface area contributed by atoms with Gasteiger partial charge < -0.3 is 10.2 Å². The molecule has 0 amide bonds. The second-order valence-electron chi connectivity index (χ2n) is 4.95. The fraction of sp³-hybridized carbons (Fsp3) is 0. The normalized spacial score (nSPS) is 12.0. The van der Waals surface area contributed by atoms with Crippen molar-refractivity contribution < 1.29 is 23.2 Å². The average molecular weight is 344 g/mol. The molecule has 0 aromatic heterocycles. The lowest BCUT2D eigenvalue weighted by atomic mass is 10.1. The predicted octanol–water partition coefficient (Wildman–Crippen LogP) is 3.91. The summed E-state index contributed by atoms with van der Waals surface area (Å²) in [5, 5.41) is 27.8. The van der Waals surface area contributed by atoms with E-state index in [4.69, 9.17) is 0 Å². The van der Waals surface area contributed by atoms with Gasteiger partial charge in [-0.15, -0.1) is 5.11 Å². The maximum atomic E-state index is 11.6. The van der Waals surface area contributed by atoms with E-state index in [0.717, 1.165) is 6.07 Å². The molecular formula is C16H12N2O5S. The molecule has 0 unspecified atom stereocenters. The van der Waals surface area contributed by atoms with E-state index in [1.807, 2.05) is 0 Å². The van der Waals surface area contributed by atoms with Gasteiger partial charge in [0.1, 0.15) is 16.3 Å². The van der Waals surface area contributed by atoms with Crippen molar-refractivity contribution in [2.24, 2.45) is 10.2 Å². The van der Waals surface area contributed by atoms with Gasteiger partial charge in [0.05, 0.1) is 11.1 Å². The Labute approximate surface area is 137 Å². The highest BCUT2D eigenvalue weighted by atomic mass is 32.2. The molecule has 0 saturated heterocycles. The minimum absolute atomic E-state index is 0.0198. The highest BCUT2D eigenvalue weighted by Crippen LogP contribution is 2.43. The van der Waals surface area contributed by atoms with Crippen molar-refractivity contribution >= 4 is 32.3 Å². The summed E-state index contributed by atoms with van der Waals surface area (Å²) in [5.41, 5.74) is 0.295. The van der Waals surface area contributed by atoms with E-state index in [2.05, 4.69) is 10.2 Å². The Morgan fingerprint density at radius 3 is 2.25 bits per heavy atom. The first kappa shape index (κ1) is 15.9. The molecule has 0 bridgehead atoms. The number of hydrogen-bond acceptors (Lipinski definition) is 6. The first-order valence-corrected chi connectivity index (χ1v) is 8.24. The van der Waals surface area contributed by atoms with E-state index >= 15 is 0 Å². The van der Waals surface area contributed by atoms with Crippen molar-refractivity contribution in [3.05, 3.63) is 54.6 Å². The third-order valence-electron chi connectivity index (χ3n) is 3.36. The molecule has 0 fully saturated rings. The van der Waals surface area contributed by atoms with Crippen molar-refractivity contribution in [2.75, 3.05) is 0 Å². The minimum atomic E-state index is -4.59. The van der Waals surface area contributed by atoms with Crippen molar-refractivity contribution in [1.82, 2.24) is 0 Å². The smallest absolute Gasteiger partial charge is 0.295 e. The lowest BCUT2D eigenvalue weighted by Crippen LogP contribution is -1.99. The topological polar surface area (TPSA) is 120 Å². The van der Waals surface area contributed by atoms with Crippen LogP contribution in [0.5, 0.6) is 11.5 Å². The molecule has 0 saturated carbocycles. The minimum Gasteiger partial charge on any atom is -0.507 e. The molecule has 0 aliphatic rings. The summed E-state index contributed by atoms with van der Waals surface area (Å²) in [6.07, 6.45) is 0. The zero-order valence-corrected chi connectivity index (χ0v) is 13.0. The van der Waals surface area contributed by atoms with Crippen molar-refractivity contribution in [2.45, 2.75) is 4.90 Å². The number of benzene rings is 3. The standard InChI is InChI=1S/C16H12N2O5S/c19-13-8-4-7-11-14(24(21,22)23)9-12(16(20)15(11)13)18-17-10-5-2-1-3-6-10/h1-9,19-20H,(H,21,22,23). The van der Waals surface area contributed by atoms with Crippen LogP contribution in [-0.4, -0.2) is 23.2 Å². The van der Waals surface area contributed by atoms with Gasteiger partial charge in [-0.2, -0.15) is 13.5 Å². The molecule has 0 spiro atoms. The summed E-state index contributed by atoms with van der Waals surface area (Å²) in [6.45, 7) is 0. The quantitative estimate of drug-likeness (QED) is 0.491. The van der Waals surface area contributed by atoms with Gasteiger partial charge in [-0.25, -0.2) is 0 Å². The number of phenols is 2. The van der Waals surface area contributed by atoms with Crippen LogP contribution in [0.4, 0.5) is 11.4 Å². The highest BCUT2D eigenvalue weighted by Gasteiger charge is 2.21. The van der Waals surface area contributed by atoms with Crippen LogP contribution in [0.25, 0.3) is 10.8 Å². The Kier molecular flexibility index (Phi) is 3.92. The molecule has 3 N–H and O–H groups in total. The van der Waals surface area contributed by atoms with Crippen molar-refractivity contribution in [3.63, 3.8) is 0 Å². The number of nitrogens with zero attached hydrogens (tertiary/aromatic N) is 2. The maximum absolute atomic E-state index is 11.6. The zero-order chi connectivity index (χ0) is 17.3. The van der Waals surface area contributed by atoms with Crippen LogP contribution in [0, 0.1) is 0 Å². The zero-order valence-electron chi connectivity index (χ0n) is 12.2. The van der Waals surface area contributed by atoms with Gasteiger partial charge in [0.15, 0.2) is 5.75 Å². The van der Waals surface area contributed by atoms with E-state index in [1.54, 1.807) is 30.3 Å². The number of hydrogen-bond donors (Lipinski definition) is 3. The van der Waals surface area contributed by atoms with Gasteiger partial charge in [-0.05, 0) is 24.3 Å². The summed E-state index contributed by atoms with van der Waals surface area (Å²) < 4.78 is 32.6. The Hall–Kier alpha value is -2.97. The van der Waals surface area contributed by atoms with Crippen LogP contribution in [0.15, 0.2) is 69.7 Å². The molecule has 24 heavy (non-hydrogen) atoms. The van der Waals surface area contributed by atoms with E-state index in [0.29, 0.717) is 5.69 Å². The van der Waals surface area contributed by atoms with Crippen LogP contribution in [-0.2, 0) is 10.1 Å². The monoisotopic (exact) mass is 344 g/mol. The molecule has 0 heterocycles. The van der Waals surface area contributed by atoms with Crippen LogP contribution >= 0.6 is 0 Å². The van der Waals surface area contributed by atoms with E-state index in [-0.39, 0.29) is 22.2 Å². The van der Waals surface area contributed by atoms with Gasteiger partial charge >= 0.3 is 0 Å². The lowest BCUT2D eigenvalue weighted by molar-refractivity contribution is 0.464. The predicted molar refractivity (Wildman–Crippen MR) is 87.7 cm³/mol. The average Bonchev–Trinajstić information content (AvgIpc) is 2.54. The molecule has 3 aromatic rings. The molecule has 0 atom stereocenters. The van der Waals surface area contributed by atoms with Crippen molar-refractivity contribution in [1.29, 1.82) is 0 Å². The van der Waals surface area contributed by atoms with Gasteiger partial charge in [-0.1, -0.05) is 30.3 Å². The summed E-state index contributed by atoms with van der Waals surface area (Å²) in [6, 6.07) is 13.7. The first-order valence-electron chi connectivity index (χ1n) is 6.80. The molecule has 3 aromatic carbocycles. The molecule has 7 nitrogen and oxygen atoms in total. The number of azo groups is 1. The van der Waals surface area contributed by atoms with Crippen LogP contribution in [0.3, 0.4) is 0 Å². The molecule has 0 aliphatic carbocycles. The molecule has 0 aliphatic heterocycles. The number of aromatic hydroxyl groups is 2. The Balaban J connectivity index is 2.28. The number of phenolic OH excluding ortho intramolecular Hbond substituents is 2. The third-order valence-corrected chi connectivity index (χ3v) is 4.26. The summed E-state index contributed by atoms with van der Waals surface area (Å²) >= 11 is 0. The van der Waals surface area contributed by atoms with Gasteiger partial charge in [0.25, 0.3) is 10.1 Å². The largest absolute Gasteiger partial charge is 0.507 e. The van der Waals surface area contributed by atoms with E-state index in [1.165, 1.54) is 18.2 Å². The SMILES string of the molecule is O=S(=O)(O)c1cc(N=Nc2ccccc2)c(O)c2c(O)cccc12. The van der Waals surface area contributed by atoms with Crippen LogP contribution in [0.2, 0.25) is 0 Å². The fourth-order valence-electron chi connectivity index (χ4n) is 2.29. The highest BCUT2D eigenvalue weighted by molar-refractivity contribution is 7.86. The molecular weight excluding hydrogens is 332 g/mol. The second kappa shape index (κ2) is 5.91. The van der Waals surface area contributed by atoms with Gasteiger partial charge in [0.2, 0.25) is 0 Å². The molecule has 0 radical (unpaired) electrons. The summed E-state index contributed by atoms with van der Waals surface area (Å²) in [5.74, 6) is -0.776. The number of rotatable bonds is 3. The fourth-order valence-corrected chi connectivity index (χ4v) is 3.00. The molecule has 8 heteroatoms. The third kappa shape index (κ3) is 2.92. The lowest BCUT2D eigenvalue weighted by Gasteiger charge is -2.09. The number of fused-ring (bicyclic) bond motifs is 1.